The van der Waals surface area contributed by atoms with Crippen LogP contribution in [-0.4, -0.2) is 24.1 Å². The van der Waals surface area contributed by atoms with Crippen LogP contribution in [0.4, 0.5) is 9.93 Å². The molecule has 21 heavy (non-hydrogen) atoms. The van der Waals surface area contributed by atoms with E-state index in [1.54, 1.807) is 0 Å². The Hall–Kier alpha value is -2.08. The van der Waals surface area contributed by atoms with Gasteiger partial charge in [-0.2, -0.15) is 0 Å². The Labute approximate surface area is 128 Å². The van der Waals surface area contributed by atoms with E-state index in [-0.39, 0.29) is 6.03 Å². The summed E-state index contributed by atoms with van der Waals surface area (Å²) < 4.78 is 0. The molecule has 0 aliphatic rings. The van der Waals surface area contributed by atoms with Gasteiger partial charge in [-0.15, -0.1) is 11.3 Å². The van der Waals surface area contributed by atoms with E-state index < -0.39 is 0 Å². The number of benzene rings is 1. The van der Waals surface area contributed by atoms with E-state index in [1.165, 1.54) is 16.9 Å². The number of hydrogen-bond acceptors (Lipinski definition) is 4. The first-order valence-electron chi connectivity index (χ1n) is 6.99. The van der Waals surface area contributed by atoms with Crippen LogP contribution in [0.3, 0.4) is 0 Å². The molecule has 2 rings (SSSR count). The molecule has 1 heterocycles. The molecule has 1 aromatic heterocycles. The number of amides is 2. The smallest absolute Gasteiger partial charge is 0.314 e. The number of nitrogen functional groups attached to an aromatic ring is 1. The first kappa shape index (κ1) is 15.3. The van der Waals surface area contributed by atoms with E-state index in [2.05, 4.69) is 27.8 Å². The van der Waals surface area contributed by atoms with Crippen LogP contribution in [0.25, 0.3) is 0 Å². The lowest BCUT2D eigenvalue weighted by Crippen LogP contribution is -2.37. The van der Waals surface area contributed by atoms with Crippen molar-refractivity contribution >= 4 is 22.5 Å². The summed E-state index contributed by atoms with van der Waals surface area (Å²) in [5, 5.41) is 8.24. The van der Waals surface area contributed by atoms with Crippen LogP contribution >= 0.6 is 11.3 Å². The average molecular weight is 304 g/mol. The zero-order valence-corrected chi connectivity index (χ0v) is 12.7. The van der Waals surface area contributed by atoms with E-state index >= 15 is 0 Å². The Kier molecular flexibility index (Phi) is 6.02. The van der Waals surface area contributed by atoms with Crippen LogP contribution in [0.1, 0.15) is 17.7 Å². The molecule has 2 amide bonds. The third kappa shape index (κ3) is 5.83. The molecule has 4 N–H and O–H groups in total. The van der Waals surface area contributed by atoms with E-state index in [1.807, 2.05) is 23.6 Å². The maximum Gasteiger partial charge on any atom is 0.314 e. The van der Waals surface area contributed by atoms with Crippen molar-refractivity contribution in [3.63, 3.8) is 0 Å². The van der Waals surface area contributed by atoms with Gasteiger partial charge in [-0.25, -0.2) is 9.78 Å². The van der Waals surface area contributed by atoms with Crippen molar-refractivity contribution in [2.75, 3.05) is 18.8 Å². The second kappa shape index (κ2) is 8.26. The van der Waals surface area contributed by atoms with E-state index in [0.717, 1.165) is 25.0 Å². The standard InChI is InChI=1S/C15H20N4OS/c16-14-19-13(11-21-14)7-4-9-17-15(20)18-10-8-12-5-2-1-3-6-12/h1-3,5-6,11H,4,7-10H2,(H2,16,19)(H2,17,18,20). The number of rotatable bonds is 7. The number of thiazole rings is 1. The maximum absolute atomic E-state index is 11.6. The van der Waals surface area contributed by atoms with Crippen molar-refractivity contribution in [1.82, 2.24) is 15.6 Å². The van der Waals surface area contributed by atoms with Crippen molar-refractivity contribution in [2.24, 2.45) is 0 Å². The summed E-state index contributed by atoms with van der Waals surface area (Å²) in [5.74, 6) is 0. The first-order valence-corrected chi connectivity index (χ1v) is 7.87. The predicted octanol–water partition coefficient (Wildman–Crippen LogP) is 2.20. The highest BCUT2D eigenvalue weighted by atomic mass is 32.1. The van der Waals surface area contributed by atoms with E-state index in [9.17, 15) is 4.79 Å². The zero-order chi connectivity index (χ0) is 14.9. The van der Waals surface area contributed by atoms with Gasteiger partial charge in [0.05, 0.1) is 5.69 Å². The van der Waals surface area contributed by atoms with Crippen LogP contribution in [0.2, 0.25) is 0 Å². The van der Waals surface area contributed by atoms with Gasteiger partial charge >= 0.3 is 6.03 Å². The number of nitrogens with one attached hydrogen (secondary N) is 2. The minimum absolute atomic E-state index is 0.122. The Morgan fingerprint density at radius 1 is 1.14 bits per heavy atom. The highest BCUT2D eigenvalue weighted by molar-refractivity contribution is 7.13. The Balaban J connectivity index is 1.53. The molecule has 0 atom stereocenters. The minimum atomic E-state index is -0.122. The van der Waals surface area contributed by atoms with E-state index in [0.29, 0.717) is 18.2 Å². The molecule has 0 radical (unpaired) electrons. The lowest BCUT2D eigenvalue weighted by Gasteiger charge is -2.07. The van der Waals surface area contributed by atoms with Crippen molar-refractivity contribution in [1.29, 1.82) is 0 Å². The Morgan fingerprint density at radius 2 is 1.90 bits per heavy atom. The van der Waals surface area contributed by atoms with Gasteiger partial charge in [-0.3, -0.25) is 0 Å². The highest BCUT2D eigenvalue weighted by Crippen LogP contribution is 2.11. The fourth-order valence-electron chi connectivity index (χ4n) is 1.94. The first-order chi connectivity index (χ1) is 10.2. The van der Waals surface area contributed by atoms with Crippen LogP contribution < -0.4 is 16.4 Å². The maximum atomic E-state index is 11.6. The van der Waals surface area contributed by atoms with Crippen LogP contribution in [0.15, 0.2) is 35.7 Å². The monoisotopic (exact) mass is 304 g/mol. The Bertz CT molecular complexity index is 556. The molecule has 0 saturated carbocycles. The summed E-state index contributed by atoms with van der Waals surface area (Å²) in [7, 11) is 0. The number of nitrogens with two attached hydrogens (primary N) is 1. The molecule has 0 aliphatic carbocycles. The summed E-state index contributed by atoms with van der Waals surface area (Å²) in [6.07, 6.45) is 2.53. The van der Waals surface area contributed by atoms with Crippen LogP contribution in [0, 0.1) is 0 Å². The number of carbonyl (C=O) groups is 1. The molecule has 112 valence electrons. The van der Waals surface area contributed by atoms with Gasteiger partial charge < -0.3 is 16.4 Å². The number of aromatic nitrogens is 1. The number of aryl methyl sites for hydroxylation is 1. The van der Waals surface area contributed by atoms with Crippen molar-refractivity contribution in [2.45, 2.75) is 19.3 Å². The molecule has 6 heteroatoms. The normalized spacial score (nSPS) is 10.3. The fourth-order valence-corrected chi connectivity index (χ4v) is 2.53. The number of hydrogen-bond donors (Lipinski definition) is 3. The molecule has 0 spiro atoms. The molecule has 2 aromatic rings. The summed E-state index contributed by atoms with van der Waals surface area (Å²) in [6.45, 7) is 1.27. The van der Waals surface area contributed by atoms with Crippen LogP contribution in [0.5, 0.6) is 0 Å². The van der Waals surface area contributed by atoms with Crippen molar-refractivity contribution in [3.05, 3.63) is 47.0 Å². The molecule has 0 aliphatic heterocycles. The van der Waals surface area contributed by atoms with Gasteiger partial charge in [0.25, 0.3) is 0 Å². The zero-order valence-electron chi connectivity index (χ0n) is 11.8. The second-order valence-electron chi connectivity index (χ2n) is 4.70. The van der Waals surface area contributed by atoms with Gasteiger partial charge in [0, 0.05) is 18.5 Å². The van der Waals surface area contributed by atoms with Crippen LogP contribution in [-0.2, 0) is 12.8 Å². The predicted molar refractivity (Wildman–Crippen MR) is 86.4 cm³/mol. The lowest BCUT2D eigenvalue weighted by atomic mass is 10.1. The third-order valence-corrected chi connectivity index (χ3v) is 3.73. The number of carbonyl (C=O) groups excluding carboxylic acids is 1. The van der Waals surface area contributed by atoms with Crippen molar-refractivity contribution < 1.29 is 4.79 Å². The summed E-state index contributed by atoms with van der Waals surface area (Å²) in [6, 6.07) is 9.97. The molecule has 0 fully saturated rings. The van der Waals surface area contributed by atoms with Gasteiger partial charge in [0.15, 0.2) is 5.13 Å². The third-order valence-electron chi connectivity index (χ3n) is 3.01. The number of anilines is 1. The van der Waals surface area contributed by atoms with Gasteiger partial charge in [0.2, 0.25) is 0 Å². The molecular weight excluding hydrogens is 284 g/mol. The molecule has 0 bridgehead atoms. The second-order valence-corrected chi connectivity index (χ2v) is 5.59. The largest absolute Gasteiger partial charge is 0.375 e. The van der Waals surface area contributed by atoms with Gasteiger partial charge in [0.1, 0.15) is 0 Å². The molecule has 0 unspecified atom stereocenters. The summed E-state index contributed by atoms with van der Waals surface area (Å²) in [4.78, 5) is 15.8. The quantitative estimate of drug-likeness (QED) is 0.686. The van der Waals surface area contributed by atoms with E-state index in [4.69, 9.17) is 5.73 Å². The summed E-state index contributed by atoms with van der Waals surface area (Å²) >= 11 is 1.44. The number of nitrogens with zero attached hydrogens (tertiary/aromatic N) is 1. The average Bonchev–Trinajstić information content (AvgIpc) is 2.90. The molecule has 0 saturated heterocycles. The molecule has 5 nitrogen and oxygen atoms in total. The topological polar surface area (TPSA) is 80.0 Å². The van der Waals surface area contributed by atoms with Gasteiger partial charge in [-0.05, 0) is 24.8 Å². The fraction of sp³-hybridized carbons (Fsp3) is 0.333. The molecule has 1 aromatic carbocycles. The van der Waals surface area contributed by atoms with Crippen molar-refractivity contribution in [3.8, 4) is 0 Å². The highest BCUT2D eigenvalue weighted by Gasteiger charge is 2.01. The minimum Gasteiger partial charge on any atom is -0.375 e. The lowest BCUT2D eigenvalue weighted by molar-refractivity contribution is 0.241. The van der Waals surface area contributed by atoms with Gasteiger partial charge in [-0.1, -0.05) is 30.3 Å². The Morgan fingerprint density at radius 3 is 2.62 bits per heavy atom. The number of urea groups is 1. The SMILES string of the molecule is Nc1nc(CCCNC(=O)NCCc2ccccc2)cs1. The summed E-state index contributed by atoms with van der Waals surface area (Å²) in [5.41, 5.74) is 7.77. The molecular formula is C15H20N4OS.